The predicted octanol–water partition coefficient (Wildman–Crippen LogP) is 0.104. The van der Waals surface area contributed by atoms with E-state index in [1.54, 1.807) is 4.31 Å². The summed E-state index contributed by atoms with van der Waals surface area (Å²) < 4.78 is 28.5. The van der Waals surface area contributed by atoms with Gasteiger partial charge in [-0.15, -0.1) is 0 Å². The van der Waals surface area contributed by atoms with Gasteiger partial charge in [-0.25, -0.2) is 0 Å². The zero-order chi connectivity index (χ0) is 14.8. The van der Waals surface area contributed by atoms with Crippen LogP contribution in [-0.2, 0) is 10.2 Å². The van der Waals surface area contributed by atoms with E-state index in [1.165, 1.54) is 4.31 Å². The van der Waals surface area contributed by atoms with Crippen LogP contribution in [0, 0.1) is 0 Å². The highest BCUT2D eigenvalue weighted by molar-refractivity contribution is 7.86. The summed E-state index contributed by atoms with van der Waals surface area (Å²) in [4.78, 5) is 2.30. The average Bonchev–Trinajstić information content (AvgIpc) is 2.47. The van der Waals surface area contributed by atoms with Crippen molar-refractivity contribution >= 4 is 10.2 Å². The molecule has 0 radical (unpaired) electrons. The van der Waals surface area contributed by atoms with Crippen LogP contribution in [0.25, 0.3) is 0 Å². The SMILES string of the molecule is CC(C)N1CCN(S(=O)(=O)N2CCCCC2CO)CC1. The summed E-state index contributed by atoms with van der Waals surface area (Å²) in [6.07, 6.45) is 2.65. The minimum absolute atomic E-state index is 0.0782. The van der Waals surface area contributed by atoms with Crippen molar-refractivity contribution in [1.29, 1.82) is 0 Å². The van der Waals surface area contributed by atoms with E-state index in [-0.39, 0.29) is 12.6 Å². The van der Waals surface area contributed by atoms with E-state index in [0.717, 1.165) is 32.4 Å². The molecule has 0 saturated carbocycles. The first kappa shape index (κ1) is 16.2. The van der Waals surface area contributed by atoms with Gasteiger partial charge < -0.3 is 5.11 Å². The first-order valence-electron chi connectivity index (χ1n) is 7.58. The number of piperazine rings is 1. The Bertz CT molecular complexity index is 405. The van der Waals surface area contributed by atoms with Crippen molar-refractivity contribution in [3.8, 4) is 0 Å². The molecule has 2 heterocycles. The van der Waals surface area contributed by atoms with E-state index in [4.69, 9.17) is 0 Å². The van der Waals surface area contributed by atoms with Crippen LogP contribution in [0.1, 0.15) is 33.1 Å². The summed E-state index contributed by atoms with van der Waals surface area (Å²) in [5.74, 6) is 0. The first-order valence-corrected chi connectivity index (χ1v) is 8.98. The van der Waals surface area contributed by atoms with Crippen molar-refractivity contribution in [2.24, 2.45) is 0 Å². The van der Waals surface area contributed by atoms with Gasteiger partial charge in [0.05, 0.1) is 6.61 Å². The third-order valence-electron chi connectivity index (χ3n) is 4.41. The number of hydrogen-bond acceptors (Lipinski definition) is 4. The molecule has 0 aromatic carbocycles. The van der Waals surface area contributed by atoms with E-state index in [0.29, 0.717) is 25.7 Å². The van der Waals surface area contributed by atoms with Gasteiger partial charge in [-0.2, -0.15) is 17.0 Å². The van der Waals surface area contributed by atoms with Gasteiger partial charge >= 0.3 is 0 Å². The largest absolute Gasteiger partial charge is 0.395 e. The second kappa shape index (κ2) is 6.70. The molecule has 0 aliphatic carbocycles. The summed E-state index contributed by atoms with van der Waals surface area (Å²) in [5, 5.41) is 9.41. The van der Waals surface area contributed by atoms with Crippen LogP contribution in [0.15, 0.2) is 0 Å². The lowest BCUT2D eigenvalue weighted by atomic mass is 10.1. The Hall–Kier alpha value is -0.210. The van der Waals surface area contributed by atoms with Gasteiger partial charge in [0.2, 0.25) is 0 Å². The van der Waals surface area contributed by atoms with Crippen LogP contribution in [0.5, 0.6) is 0 Å². The maximum Gasteiger partial charge on any atom is 0.282 e. The number of aliphatic hydroxyl groups is 1. The lowest BCUT2D eigenvalue weighted by Gasteiger charge is -2.41. The van der Waals surface area contributed by atoms with Crippen molar-refractivity contribution in [1.82, 2.24) is 13.5 Å². The standard InChI is InChI=1S/C13H27N3O3S/c1-12(2)14-7-9-15(10-8-14)20(18,19)16-6-4-3-5-13(16)11-17/h12-13,17H,3-11H2,1-2H3. The monoisotopic (exact) mass is 305 g/mol. The molecule has 0 aromatic rings. The highest BCUT2D eigenvalue weighted by Crippen LogP contribution is 2.23. The molecule has 2 aliphatic rings. The lowest BCUT2D eigenvalue weighted by Crippen LogP contribution is -2.57. The highest BCUT2D eigenvalue weighted by Gasteiger charge is 2.37. The molecule has 7 heteroatoms. The first-order chi connectivity index (χ1) is 9.46. The Morgan fingerprint density at radius 1 is 1.10 bits per heavy atom. The van der Waals surface area contributed by atoms with Crippen LogP contribution in [0.4, 0.5) is 0 Å². The molecule has 118 valence electrons. The van der Waals surface area contributed by atoms with Crippen molar-refractivity contribution < 1.29 is 13.5 Å². The molecule has 2 rings (SSSR count). The molecule has 20 heavy (non-hydrogen) atoms. The Balaban J connectivity index is 2.03. The van der Waals surface area contributed by atoms with Gasteiger partial charge in [0, 0.05) is 44.8 Å². The predicted molar refractivity (Wildman–Crippen MR) is 78.6 cm³/mol. The van der Waals surface area contributed by atoms with Crippen molar-refractivity contribution in [3.63, 3.8) is 0 Å². The van der Waals surface area contributed by atoms with Gasteiger partial charge in [-0.3, -0.25) is 4.90 Å². The second-order valence-electron chi connectivity index (χ2n) is 5.98. The van der Waals surface area contributed by atoms with Crippen LogP contribution >= 0.6 is 0 Å². The summed E-state index contributed by atoms with van der Waals surface area (Å²) in [6, 6.07) is 0.219. The molecule has 6 nitrogen and oxygen atoms in total. The highest BCUT2D eigenvalue weighted by atomic mass is 32.2. The molecule has 2 fully saturated rings. The fraction of sp³-hybridized carbons (Fsp3) is 1.00. The van der Waals surface area contributed by atoms with E-state index in [1.807, 2.05) is 0 Å². The number of rotatable bonds is 4. The van der Waals surface area contributed by atoms with Gasteiger partial charge in [0.25, 0.3) is 10.2 Å². The van der Waals surface area contributed by atoms with Gasteiger partial charge in [-0.1, -0.05) is 6.42 Å². The Morgan fingerprint density at radius 3 is 2.30 bits per heavy atom. The summed E-state index contributed by atoms with van der Waals surface area (Å²) in [7, 11) is -3.42. The van der Waals surface area contributed by atoms with Crippen molar-refractivity contribution in [3.05, 3.63) is 0 Å². The average molecular weight is 305 g/mol. The molecular formula is C13H27N3O3S. The maximum absolute atomic E-state index is 12.7. The minimum Gasteiger partial charge on any atom is -0.395 e. The molecule has 1 unspecified atom stereocenters. The molecule has 0 amide bonds. The van der Waals surface area contributed by atoms with Crippen molar-refractivity contribution in [2.75, 3.05) is 39.3 Å². The van der Waals surface area contributed by atoms with Crippen LogP contribution in [0.3, 0.4) is 0 Å². The van der Waals surface area contributed by atoms with E-state index in [9.17, 15) is 13.5 Å². The molecule has 2 saturated heterocycles. The van der Waals surface area contributed by atoms with E-state index < -0.39 is 10.2 Å². The fourth-order valence-corrected chi connectivity index (χ4v) is 4.89. The molecule has 0 spiro atoms. The normalized spacial score (nSPS) is 28.1. The molecule has 1 N–H and O–H groups in total. The smallest absolute Gasteiger partial charge is 0.282 e. The third kappa shape index (κ3) is 3.33. The Labute approximate surface area is 122 Å². The molecule has 1 atom stereocenters. The maximum atomic E-state index is 12.7. The fourth-order valence-electron chi connectivity index (χ4n) is 3.06. The Kier molecular flexibility index (Phi) is 5.42. The molecule has 0 aromatic heterocycles. The molecule has 0 bridgehead atoms. The summed E-state index contributed by atoms with van der Waals surface area (Å²) >= 11 is 0. The summed E-state index contributed by atoms with van der Waals surface area (Å²) in [5.41, 5.74) is 0. The number of piperidine rings is 1. The van der Waals surface area contributed by atoms with Crippen molar-refractivity contribution in [2.45, 2.75) is 45.2 Å². The zero-order valence-electron chi connectivity index (χ0n) is 12.5. The second-order valence-corrected chi connectivity index (χ2v) is 7.86. The van der Waals surface area contributed by atoms with Gasteiger partial charge in [-0.05, 0) is 26.7 Å². The van der Waals surface area contributed by atoms with Crippen LogP contribution in [0.2, 0.25) is 0 Å². The van der Waals surface area contributed by atoms with E-state index in [2.05, 4.69) is 18.7 Å². The zero-order valence-corrected chi connectivity index (χ0v) is 13.3. The van der Waals surface area contributed by atoms with Gasteiger partial charge in [0.15, 0.2) is 0 Å². The topological polar surface area (TPSA) is 64.1 Å². The summed E-state index contributed by atoms with van der Waals surface area (Å²) in [6.45, 7) is 7.41. The number of hydrogen-bond donors (Lipinski definition) is 1. The van der Waals surface area contributed by atoms with Gasteiger partial charge in [0.1, 0.15) is 0 Å². The third-order valence-corrected chi connectivity index (χ3v) is 6.50. The van der Waals surface area contributed by atoms with Crippen LogP contribution in [-0.4, -0.2) is 78.4 Å². The lowest BCUT2D eigenvalue weighted by molar-refractivity contribution is 0.127. The minimum atomic E-state index is -3.42. The number of aliphatic hydroxyl groups excluding tert-OH is 1. The molecule has 2 aliphatic heterocycles. The van der Waals surface area contributed by atoms with E-state index >= 15 is 0 Å². The molecular weight excluding hydrogens is 278 g/mol. The quantitative estimate of drug-likeness (QED) is 0.800. The Morgan fingerprint density at radius 2 is 1.75 bits per heavy atom. The van der Waals surface area contributed by atoms with Crippen LogP contribution < -0.4 is 0 Å². The number of nitrogens with zero attached hydrogens (tertiary/aromatic N) is 3.